The lowest BCUT2D eigenvalue weighted by Gasteiger charge is -2.18. The zero-order valence-corrected chi connectivity index (χ0v) is 11.7. The fraction of sp³-hybridized carbons (Fsp3) is 0.400. The monoisotopic (exact) mass is 260 g/mol. The maximum atomic E-state index is 12.3. The van der Waals surface area contributed by atoms with E-state index in [1.807, 2.05) is 45.4 Å². The van der Waals surface area contributed by atoms with Crippen LogP contribution in [0.5, 0.6) is 0 Å². The van der Waals surface area contributed by atoms with Crippen molar-refractivity contribution in [3.8, 4) is 0 Å². The van der Waals surface area contributed by atoms with E-state index in [0.717, 1.165) is 13.1 Å². The zero-order chi connectivity index (χ0) is 13.8. The van der Waals surface area contributed by atoms with Crippen molar-refractivity contribution in [2.75, 3.05) is 34.2 Å². The molecule has 0 bridgehead atoms. The first-order valence-corrected chi connectivity index (χ1v) is 6.40. The second kappa shape index (κ2) is 5.99. The standard InChI is InChI=1S/C15H20N2O2/c1-16(2)8-9-17(3)10-12-11-19-14-7-5-4-6-13(14)15(12)18/h4-7,11H,8-10H2,1-3H3. The van der Waals surface area contributed by atoms with Crippen LogP contribution in [0.3, 0.4) is 0 Å². The quantitative estimate of drug-likeness (QED) is 0.821. The van der Waals surface area contributed by atoms with E-state index in [9.17, 15) is 4.79 Å². The number of hydrogen-bond acceptors (Lipinski definition) is 4. The molecule has 1 heterocycles. The van der Waals surface area contributed by atoms with Crippen LogP contribution in [0.1, 0.15) is 5.56 Å². The Bertz CT molecular complexity index is 604. The molecule has 0 aliphatic rings. The average Bonchev–Trinajstić information content (AvgIpc) is 2.40. The van der Waals surface area contributed by atoms with E-state index < -0.39 is 0 Å². The molecule has 0 atom stereocenters. The third kappa shape index (κ3) is 3.43. The largest absolute Gasteiger partial charge is 0.464 e. The van der Waals surface area contributed by atoms with Crippen LogP contribution in [-0.2, 0) is 6.54 Å². The summed E-state index contributed by atoms with van der Waals surface area (Å²) in [7, 11) is 6.09. The van der Waals surface area contributed by atoms with Crippen LogP contribution in [0.2, 0.25) is 0 Å². The molecule has 0 amide bonds. The number of para-hydroxylation sites is 1. The van der Waals surface area contributed by atoms with Gasteiger partial charge in [0.2, 0.25) is 0 Å². The summed E-state index contributed by atoms with van der Waals surface area (Å²) in [5.74, 6) is 0. The number of fused-ring (bicyclic) bond motifs is 1. The summed E-state index contributed by atoms with van der Waals surface area (Å²) in [6.45, 7) is 2.50. The molecule has 0 radical (unpaired) electrons. The van der Waals surface area contributed by atoms with Crippen molar-refractivity contribution in [1.82, 2.24) is 9.80 Å². The summed E-state index contributed by atoms with van der Waals surface area (Å²) in [5.41, 5.74) is 1.42. The van der Waals surface area contributed by atoms with Gasteiger partial charge in [-0.3, -0.25) is 4.79 Å². The van der Waals surface area contributed by atoms with Crippen molar-refractivity contribution in [2.45, 2.75) is 6.54 Å². The fourth-order valence-electron chi connectivity index (χ4n) is 1.97. The molecule has 1 aromatic heterocycles. The van der Waals surface area contributed by atoms with Crippen molar-refractivity contribution >= 4 is 11.0 Å². The van der Waals surface area contributed by atoms with Gasteiger partial charge in [0.1, 0.15) is 5.58 Å². The second-order valence-electron chi connectivity index (χ2n) is 5.13. The number of hydrogen-bond donors (Lipinski definition) is 0. The van der Waals surface area contributed by atoms with E-state index in [4.69, 9.17) is 4.42 Å². The van der Waals surface area contributed by atoms with Crippen LogP contribution in [0.4, 0.5) is 0 Å². The van der Waals surface area contributed by atoms with E-state index in [0.29, 0.717) is 23.1 Å². The molecule has 0 spiro atoms. The predicted octanol–water partition coefficient (Wildman–Crippen LogP) is 1.79. The smallest absolute Gasteiger partial charge is 0.197 e. The van der Waals surface area contributed by atoms with Crippen LogP contribution in [0, 0.1) is 0 Å². The molecule has 2 aromatic rings. The number of likely N-dealkylation sites (N-methyl/N-ethyl adjacent to an activating group) is 2. The molecule has 0 aliphatic carbocycles. The van der Waals surface area contributed by atoms with Gasteiger partial charge in [0, 0.05) is 25.2 Å². The molecule has 0 saturated heterocycles. The highest BCUT2D eigenvalue weighted by Crippen LogP contribution is 2.11. The van der Waals surface area contributed by atoms with Crippen molar-refractivity contribution in [3.05, 3.63) is 46.3 Å². The molecule has 0 N–H and O–H groups in total. The highest BCUT2D eigenvalue weighted by Gasteiger charge is 2.08. The molecule has 4 heteroatoms. The van der Waals surface area contributed by atoms with Crippen molar-refractivity contribution < 1.29 is 4.42 Å². The van der Waals surface area contributed by atoms with Gasteiger partial charge in [-0.15, -0.1) is 0 Å². The first-order valence-electron chi connectivity index (χ1n) is 6.40. The third-order valence-corrected chi connectivity index (χ3v) is 3.12. The Kier molecular flexibility index (Phi) is 4.35. The SMILES string of the molecule is CN(C)CCN(C)Cc1coc2ccccc2c1=O. The minimum atomic E-state index is 0.0681. The Morgan fingerprint density at radius 1 is 1.11 bits per heavy atom. The summed E-state index contributed by atoms with van der Waals surface area (Å²) in [6.07, 6.45) is 1.58. The predicted molar refractivity (Wildman–Crippen MR) is 77.4 cm³/mol. The van der Waals surface area contributed by atoms with Crippen molar-refractivity contribution in [3.63, 3.8) is 0 Å². The van der Waals surface area contributed by atoms with Gasteiger partial charge in [-0.2, -0.15) is 0 Å². The van der Waals surface area contributed by atoms with E-state index in [2.05, 4.69) is 9.80 Å². The first-order chi connectivity index (χ1) is 9.08. The lowest BCUT2D eigenvalue weighted by atomic mass is 10.1. The van der Waals surface area contributed by atoms with Crippen molar-refractivity contribution in [1.29, 1.82) is 0 Å². The maximum absolute atomic E-state index is 12.3. The van der Waals surface area contributed by atoms with Crippen LogP contribution in [-0.4, -0.2) is 44.0 Å². The molecule has 0 unspecified atom stereocenters. The minimum absolute atomic E-state index is 0.0681. The van der Waals surface area contributed by atoms with Gasteiger partial charge in [0.15, 0.2) is 5.43 Å². The summed E-state index contributed by atoms with van der Waals surface area (Å²) in [6, 6.07) is 7.35. The van der Waals surface area contributed by atoms with Gasteiger partial charge in [-0.25, -0.2) is 0 Å². The molecule has 4 nitrogen and oxygen atoms in total. The lowest BCUT2D eigenvalue weighted by molar-refractivity contribution is 0.274. The topological polar surface area (TPSA) is 36.7 Å². The van der Waals surface area contributed by atoms with Gasteiger partial charge in [-0.05, 0) is 33.3 Å². The number of rotatable bonds is 5. The van der Waals surface area contributed by atoms with Gasteiger partial charge in [-0.1, -0.05) is 12.1 Å². The Morgan fingerprint density at radius 3 is 2.58 bits per heavy atom. The fourth-order valence-corrected chi connectivity index (χ4v) is 1.97. The molecular weight excluding hydrogens is 240 g/mol. The Labute approximate surface area is 113 Å². The molecule has 0 saturated carbocycles. The molecule has 1 aromatic carbocycles. The van der Waals surface area contributed by atoms with Crippen LogP contribution in [0.25, 0.3) is 11.0 Å². The normalized spacial score (nSPS) is 11.6. The van der Waals surface area contributed by atoms with E-state index in [-0.39, 0.29) is 5.43 Å². The van der Waals surface area contributed by atoms with Crippen LogP contribution >= 0.6 is 0 Å². The Morgan fingerprint density at radius 2 is 1.84 bits per heavy atom. The minimum Gasteiger partial charge on any atom is -0.464 e. The Hall–Kier alpha value is -1.65. The maximum Gasteiger partial charge on any atom is 0.197 e. The molecule has 19 heavy (non-hydrogen) atoms. The summed E-state index contributed by atoms with van der Waals surface area (Å²) >= 11 is 0. The molecular formula is C15H20N2O2. The molecule has 0 aliphatic heterocycles. The van der Waals surface area contributed by atoms with Crippen LogP contribution in [0.15, 0.2) is 39.7 Å². The molecule has 0 fully saturated rings. The molecule has 2 rings (SSSR count). The third-order valence-electron chi connectivity index (χ3n) is 3.12. The van der Waals surface area contributed by atoms with Gasteiger partial charge < -0.3 is 14.2 Å². The Balaban J connectivity index is 2.17. The number of nitrogens with zero attached hydrogens (tertiary/aromatic N) is 2. The van der Waals surface area contributed by atoms with E-state index >= 15 is 0 Å². The van der Waals surface area contributed by atoms with Crippen LogP contribution < -0.4 is 5.43 Å². The lowest BCUT2D eigenvalue weighted by Crippen LogP contribution is -2.29. The second-order valence-corrected chi connectivity index (χ2v) is 5.13. The highest BCUT2D eigenvalue weighted by atomic mass is 16.3. The highest BCUT2D eigenvalue weighted by molar-refractivity contribution is 5.76. The zero-order valence-electron chi connectivity index (χ0n) is 11.7. The van der Waals surface area contributed by atoms with Gasteiger partial charge >= 0.3 is 0 Å². The summed E-state index contributed by atoms with van der Waals surface area (Å²) < 4.78 is 5.51. The number of benzene rings is 1. The van der Waals surface area contributed by atoms with E-state index in [1.54, 1.807) is 6.26 Å². The summed E-state index contributed by atoms with van der Waals surface area (Å²) in [4.78, 5) is 16.6. The summed E-state index contributed by atoms with van der Waals surface area (Å²) in [5, 5.41) is 0.654. The average molecular weight is 260 g/mol. The first kappa shape index (κ1) is 13.8. The van der Waals surface area contributed by atoms with Crippen molar-refractivity contribution in [2.24, 2.45) is 0 Å². The molecule has 102 valence electrons. The van der Waals surface area contributed by atoms with Gasteiger partial charge in [0.25, 0.3) is 0 Å². The van der Waals surface area contributed by atoms with Gasteiger partial charge in [0.05, 0.1) is 11.6 Å². The van der Waals surface area contributed by atoms with E-state index in [1.165, 1.54) is 0 Å².